The van der Waals surface area contributed by atoms with Crippen LogP contribution in [-0.2, 0) is 29.0 Å². The predicted octanol–water partition coefficient (Wildman–Crippen LogP) is 1.64. The van der Waals surface area contributed by atoms with Crippen LogP contribution in [0, 0.1) is 0 Å². The number of aliphatic imine (C=N–C) groups is 1. The standard InChI is InChI=1S/C19H34N6O2/c1-20-19(21-11-12-27-16-7-5-3-4-6-8-16)22-15-9-10-18-23-17(14-26-2)24-25(18)13-15/h15-16H,3-14H2,1-2H3,(H2,20,21,22). The van der Waals surface area contributed by atoms with Gasteiger partial charge >= 0.3 is 0 Å². The van der Waals surface area contributed by atoms with Crippen LogP contribution in [0.3, 0.4) is 0 Å². The van der Waals surface area contributed by atoms with Gasteiger partial charge in [-0.05, 0) is 19.3 Å². The summed E-state index contributed by atoms with van der Waals surface area (Å²) in [6.45, 7) is 2.76. The van der Waals surface area contributed by atoms with E-state index in [1.54, 1.807) is 7.11 Å². The molecule has 1 aromatic heterocycles. The van der Waals surface area contributed by atoms with Crippen molar-refractivity contribution in [2.24, 2.45) is 4.99 Å². The third kappa shape index (κ3) is 6.17. The van der Waals surface area contributed by atoms with Crippen molar-refractivity contribution in [1.82, 2.24) is 25.4 Å². The fourth-order valence-corrected chi connectivity index (χ4v) is 3.86. The second-order valence-corrected chi connectivity index (χ2v) is 7.42. The highest BCUT2D eigenvalue weighted by atomic mass is 16.5. The Kier molecular flexibility index (Phi) is 7.89. The van der Waals surface area contributed by atoms with Crippen LogP contribution in [0.15, 0.2) is 4.99 Å². The molecule has 27 heavy (non-hydrogen) atoms. The highest BCUT2D eigenvalue weighted by Gasteiger charge is 2.22. The van der Waals surface area contributed by atoms with Crippen molar-refractivity contribution in [3.63, 3.8) is 0 Å². The third-order valence-corrected chi connectivity index (χ3v) is 5.29. The first-order valence-electron chi connectivity index (χ1n) is 10.3. The zero-order chi connectivity index (χ0) is 18.9. The summed E-state index contributed by atoms with van der Waals surface area (Å²) in [5.74, 6) is 2.62. The molecule has 1 aromatic rings. The number of aromatic nitrogens is 3. The normalized spacial score (nSPS) is 21.6. The zero-order valence-corrected chi connectivity index (χ0v) is 16.7. The van der Waals surface area contributed by atoms with E-state index in [1.807, 2.05) is 11.7 Å². The molecule has 152 valence electrons. The highest BCUT2D eigenvalue weighted by molar-refractivity contribution is 5.79. The lowest BCUT2D eigenvalue weighted by molar-refractivity contribution is 0.0467. The van der Waals surface area contributed by atoms with E-state index in [9.17, 15) is 0 Å². The van der Waals surface area contributed by atoms with Gasteiger partial charge in [0.1, 0.15) is 12.4 Å². The van der Waals surface area contributed by atoms with Crippen LogP contribution in [0.4, 0.5) is 0 Å². The van der Waals surface area contributed by atoms with Crippen LogP contribution in [0.25, 0.3) is 0 Å². The molecule has 1 saturated carbocycles. The first-order chi connectivity index (χ1) is 13.3. The van der Waals surface area contributed by atoms with Crippen molar-refractivity contribution in [1.29, 1.82) is 0 Å². The van der Waals surface area contributed by atoms with Crippen LogP contribution in [-0.4, -0.2) is 60.2 Å². The van der Waals surface area contributed by atoms with E-state index in [-0.39, 0.29) is 0 Å². The van der Waals surface area contributed by atoms with Crippen LogP contribution < -0.4 is 10.6 Å². The van der Waals surface area contributed by atoms with Gasteiger partial charge in [0.2, 0.25) is 0 Å². The molecule has 0 saturated heterocycles. The molecule has 1 unspecified atom stereocenters. The van der Waals surface area contributed by atoms with Crippen molar-refractivity contribution in [3.8, 4) is 0 Å². The van der Waals surface area contributed by atoms with Gasteiger partial charge in [0.15, 0.2) is 11.8 Å². The number of guanidine groups is 1. The molecule has 3 rings (SSSR count). The Morgan fingerprint density at radius 2 is 2.04 bits per heavy atom. The minimum absolute atomic E-state index is 0.295. The lowest BCUT2D eigenvalue weighted by atomic mass is 10.1. The van der Waals surface area contributed by atoms with Crippen LogP contribution in [0.1, 0.15) is 56.6 Å². The quantitative estimate of drug-likeness (QED) is 0.325. The molecule has 0 radical (unpaired) electrons. The van der Waals surface area contributed by atoms with Crippen LogP contribution >= 0.6 is 0 Å². The van der Waals surface area contributed by atoms with Gasteiger partial charge in [0, 0.05) is 33.2 Å². The van der Waals surface area contributed by atoms with E-state index < -0.39 is 0 Å². The molecule has 1 aliphatic carbocycles. The largest absolute Gasteiger partial charge is 0.377 e. The topological polar surface area (TPSA) is 85.6 Å². The van der Waals surface area contributed by atoms with Gasteiger partial charge in [-0.2, -0.15) is 5.10 Å². The fraction of sp³-hybridized carbons (Fsp3) is 0.842. The Balaban J connectivity index is 1.38. The maximum atomic E-state index is 6.04. The third-order valence-electron chi connectivity index (χ3n) is 5.29. The molecule has 1 fully saturated rings. The summed E-state index contributed by atoms with van der Waals surface area (Å²) in [7, 11) is 3.47. The minimum Gasteiger partial charge on any atom is -0.377 e. The van der Waals surface area contributed by atoms with Crippen molar-refractivity contribution in [3.05, 3.63) is 11.6 Å². The molecule has 8 heteroatoms. The molecule has 2 N–H and O–H groups in total. The lowest BCUT2D eigenvalue weighted by Crippen LogP contribution is -2.47. The zero-order valence-electron chi connectivity index (χ0n) is 16.7. The van der Waals surface area contributed by atoms with E-state index in [0.29, 0.717) is 18.8 Å². The van der Waals surface area contributed by atoms with Gasteiger partial charge < -0.3 is 20.1 Å². The molecule has 0 amide bonds. The summed E-state index contributed by atoms with van der Waals surface area (Å²) in [6, 6.07) is 0.295. The number of hydrogen-bond donors (Lipinski definition) is 2. The number of rotatable bonds is 7. The van der Waals surface area contributed by atoms with Gasteiger partial charge in [-0.3, -0.25) is 4.99 Å². The molecule has 1 aliphatic heterocycles. The molecule has 0 bridgehead atoms. The molecule has 0 spiro atoms. The van der Waals surface area contributed by atoms with Crippen molar-refractivity contribution >= 4 is 5.96 Å². The van der Waals surface area contributed by atoms with Crippen molar-refractivity contribution in [2.45, 2.75) is 76.7 Å². The summed E-state index contributed by atoms with van der Waals surface area (Å²) in [4.78, 5) is 8.87. The first kappa shape index (κ1) is 20.1. The molecule has 0 aromatic carbocycles. The summed E-state index contributed by atoms with van der Waals surface area (Å²) in [5.41, 5.74) is 0. The van der Waals surface area contributed by atoms with E-state index in [4.69, 9.17) is 9.47 Å². The second-order valence-electron chi connectivity index (χ2n) is 7.42. The molecule has 1 atom stereocenters. The average Bonchev–Trinajstić information content (AvgIpc) is 2.89. The number of aryl methyl sites for hydroxylation is 1. The summed E-state index contributed by atoms with van der Waals surface area (Å²) < 4.78 is 13.1. The van der Waals surface area contributed by atoms with E-state index in [1.165, 1.54) is 38.5 Å². The molecule has 2 heterocycles. The lowest BCUT2D eigenvalue weighted by Gasteiger charge is -2.25. The summed E-state index contributed by atoms with van der Waals surface area (Å²) in [5, 5.41) is 11.4. The second kappa shape index (κ2) is 10.6. The smallest absolute Gasteiger partial charge is 0.191 e. The Morgan fingerprint density at radius 3 is 2.78 bits per heavy atom. The molecular weight excluding hydrogens is 344 g/mol. The van der Waals surface area contributed by atoms with Crippen LogP contribution in [0.5, 0.6) is 0 Å². The Morgan fingerprint density at radius 1 is 1.22 bits per heavy atom. The summed E-state index contributed by atoms with van der Waals surface area (Å²) in [6.07, 6.45) is 10.1. The number of hydrogen-bond acceptors (Lipinski definition) is 5. The summed E-state index contributed by atoms with van der Waals surface area (Å²) >= 11 is 0. The van der Waals surface area contributed by atoms with Gasteiger partial charge in [-0.1, -0.05) is 25.7 Å². The van der Waals surface area contributed by atoms with Crippen LogP contribution in [0.2, 0.25) is 0 Å². The van der Waals surface area contributed by atoms with Gasteiger partial charge in [-0.15, -0.1) is 0 Å². The number of nitrogens with zero attached hydrogens (tertiary/aromatic N) is 4. The fourth-order valence-electron chi connectivity index (χ4n) is 3.86. The number of nitrogens with one attached hydrogen (secondary N) is 2. The molecule has 8 nitrogen and oxygen atoms in total. The first-order valence-corrected chi connectivity index (χ1v) is 10.3. The maximum Gasteiger partial charge on any atom is 0.191 e. The Labute approximate surface area is 162 Å². The van der Waals surface area contributed by atoms with Gasteiger partial charge in [-0.25, -0.2) is 9.67 Å². The Bertz CT molecular complexity index is 595. The predicted molar refractivity (Wildman–Crippen MR) is 105 cm³/mol. The van der Waals surface area contributed by atoms with Gasteiger partial charge in [0.05, 0.1) is 19.3 Å². The van der Waals surface area contributed by atoms with Crippen molar-refractivity contribution < 1.29 is 9.47 Å². The Hall–Kier alpha value is -1.67. The number of ether oxygens (including phenoxy) is 2. The molecular formula is C19H34N6O2. The van der Waals surface area contributed by atoms with E-state index in [0.717, 1.165) is 50.1 Å². The van der Waals surface area contributed by atoms with E-state index in [2.05, 4.69) is 25.7 Å². The SMILES string of the molecule is CN=C(NCCOC1CCCCCC1)NC1CCc2nc(COC)nn2C1. The van der Waals surface area contributed by atoms with E-state index >= 15 is 0 Å². The highest BCUT2D eigenvalue weighted by Crippen LogP contribution is 2.19. The number of methoxy groups -OCH3 is 1. The van der Waals surface area contributed by atoms with Crippen molar-refractivity contribution in [2.75, 3.05) is 27.3 Å². The number of fused-ring (bicyclic) bond motifs is 1. The average molecular weight is 379 g/mol. The maximum absolute atomic E-state index is 6.04. The monoisotopic (exact) mass is 378 g/mol. The van der Waals surface area contributed by atoms with Gasteiger partial charge in [0.25, 0.3) is 0 Å². The minimum atomic E-state index is 0.295. The molecule has 2 aliphatic rings.